The van der Waals surface area contributed by atoms with Gasteiger partial charge in [0.15, 0.2) is 6.39 Å². The SMILES string of the molecule is Cc1ccc(-c2ncoc2C(=O)O)cc1. The van der Waals surface area contributed by atoms with Crippen molar-refractivity contribution in [3.8, 4) is 11.3 Å². The maximum Gasteiger partial charge on any atom is 0.374 e. The minimum absolute atomic E-state index is 0.126. The van der Waals surface area contributed by atoms with E-state index in [9.17, 15) is 4.79 Å². The minimum atomic E-state index is -1.11. The number of benzene rings is 1. The molecule has 0 unspecified atom stereocenters. The fourth-order valence-electron chi connectivity index (χ4n) is 1.31. The molecule has 0 fully saturated rings. The molecule has 1 aromatic heterocycles. The van der Waals surface area contributed by atoms with Crippen LogP contribution in [0.15, 0.2) is 35.1 Å². The van der Waals surface area contributed by atoms with Crippen LogP contribution >= 0.6 is 0 Å². The van der Waals surface area contributed by atoms with E-state index in [-0.39, 0.29) is 5.76 Å². The molecular weight excluding hydrogens is 194 g/mol. The van der Waals surface area contributed by atoms with Crippen molar-refractivity contribution in [2.24, 2.45) is 0 Å². The van der Waals surface area contributed by atoms with Crippen molar-refractivity contribution in [1.29, 1.82) is 0 Å². The van der Waals surface area contributed by atoms with Crippen LogP contribution in [0.5, 0.6) is 0 Å². The van der Waals surface area contributed by atoms with Gasteiger partial charge in [0.05, 0.1) is 0 Å². The number of hydrogen-bond donors (Lipinski definition) is 1. The van der Waals surface area contributed by atoms with Crippen molar-refractivity contribution >= 4 is 5.97 Å². The number of carboxylic acid groups (broad SMARTS) is 1. The second kappa shape index (κ2) is 3.57. The number of hydrogen-bond acceptors (Lipinski definition) is 3. The van der Waals surface area contributed by atoms with E-state index in [0.717, 1.165) is 17.5 Å². The van der Waals surface area contributed by atoms with E-state index >= 15 is 0 Å². The number of aryl methyl sites for hydroxylation is 1. The molecule has 1 heterocycles. The number of carbonyl (C=O) groups is 1. The Kier molecular flexibility index (Phi) is 2.25. The van der Waals surface area contributed by atoms with Crippen LogP contribution in [0.4, 0.5) is 0 Å². The molecule has 0 saturated heterocycles. The third-order valence-corrected chi connectivity index (χ3v) is 2.09. The van der Waals surface area contributed by atoms with Crippen LogP contribution in [0.2, 0.25) is 0 Å². The lowest BCUT2D eigenvalue weighted by Crippen LogP contribution is -1.96. The van der Waals surface area contributed by atoms with Crippen LogP contribution in [0.3, 0.4) is 0 Å². The Labute approximate surface area is 86.2 Å². The van der Waals surface area contributed by atoms with E-state index in [1.807, 2.05) is 31.2 Å². The van der Waals surface area contributed by atoms with Crippen LogP contribution in [-0.2, 0) is 0 Å². The zero-order valence-corrected chi connectivity index (χ0v) is 8.10. The number of aromatic nitrogens is 1. The molecule has 0 radical (unpaired) electrons. The fraction of sp³-hybridized carbons (Fsp3) is 0.0909. The highest BCUT2D eigenvalue weighted by Gasteiger charge is 2.16. The van der Waals surface area contributed by atoms with Gasteiger partial charge in [-0.1, -0.05) is 29.8 Å². The predicted octanol–water partition coefficient (Wildman–Crippen LogP) is 2.35. The van der Waals surface area contributed by atoms with Crippen molar-refractivity contribution in [2.75, 3.05) is 0 Å². The molecule has 0 saturated carbocycles. The van der Waals surface area contributed by atoms with Gasteiger partial charge in [-0.15, -0.1) is 0 Å². The first kappa shape index (κ1) is 9.45. The van der Waals surface area contributed by atoms with Crippen LogP contribution in [0, 0.1) is 6.92 Å². The highest BCUT2D eigenvalue weighted by atomic mass is 16.4. The van der Waals surface area contributed by atoms with Gasteiger partial charge in [-0.05, 0) is 6.92 Å². The molecule has 1 N–H and O–H groups in total. The van der Waals surface area contributed by atoms with E-state index in [1.54, 1.807) is 0 Å². The lowest BCUT2D eigenvalue weighted by molar-refractivity contribution is 0.0663. The maximum atomic E-state index is 10.8. The topological polar surface area (TPSA) is 63.3 Å². The first-order chi connectivity index (χ1) is 7.18. The van der Waals surface area contributed by atoms with Crippen LogP contribution in [0.1, 0.15) is 16.1 Å². The summed E-state index contributed by atoms with van der Waals surface area (Å²) in [6, 6.07) is 7.44. The highest BCUT2D eigenvalue weighted by Crippen LogP contribution is 2.22. The summed E-state index contributed by atoms with van der Waals surface area (Å²) < 4.78 is 4.80. The molecule has 15 heavy (non-hydrogen) atoms. The normalized spacial score (nSPS) is 10.2. The second-order valence-electron chi connectivity index (χ2n) is 3.20. The van der Waals surface area contributed by atoms with Gasteiger partial charge in [0.2, 0.25) is 5.76 Å². The largest absolute Gasteiger partial charge is 0.475 e. The summed E-state index contributed by atoms with van der Waals surface area (Å²) in [7, 11) is 0. The Bertz CT molecular complexity index is 485. The molecule has 1 aromatic carbocycles. The number of nitrogens with zero attached hydrogens (tertiary/aromatic N) is 1. The first-order valence-electron chi connectivity index (χ1n) is 4.42. The van der Waals surface area contributed by atoms with Crippen molar-refractivity contribution < 1.29 is 14.3 Å². The summed E-state index contributed by atoms with van der Waals surface area (Å²) in [5.74, 6) is -1.23. The lowest BCUT2D eigenvalue weighted by Gasteiger charge is -1.98. The van der Waals surface area contributed by atoms with Crippen molar-refractivity contribution in [1.82, 2.24) is 4.98 Å². The molecule has 2 aromatic rings. The molecule has 0 spiro atoms. The van der Waals surface area contributed by atoms with Crippen molar-refractivity contribution in [2.45, 2.75) is 6.92 Å². The molecule has 0 aliphatic carbocycles. The van der Waals surface area contributed by atoms with Gasteiger partial charge in [0, 0.05) is 5.56 Å². The Hall–Kier alpha value is -2.10. The number of carboxylic acids is 1. The summed E-state index contributed by atoms with van der Waals surface area (Å²) in [6.07, 6.45) is 1.14. The maximum absolute atomic E-state index is 10.8. The second-order valence-corrected chi connectivity index (χ2v) is 3.20. The van der Waals surface area contributed by atoms with E-state index in [1.165, 1.54) is 0 Å². The van der Waals surface area contributed by atoms with Crippen molar-refractivity contribution in [3.63, 3.8) is 0 Å². The van der Waals surface area contributed by atoms with Crippen LogP contribution in [0.25, 0.3) is 11.3 Å². The molecule has 0 aliphatic rings. The van der Waals surface area contributed by atoms with Crippen LogP contribution < -0.4 is 0 Å². The van der Waals surface area contributed by atoms with Gasteiger partial charge in [0.25, 0.3) is 0 Å². The smallest absolute Gasteiger partial charge is 0.374 e. The van der Waals surface area contributed by atoms with Gasteiger partial charge >= 0.3 is 5.97 Å². The van der Waals surface area contributed by atoms with Gasteiger partial charge in [-0.3, -0.25) is 0 Å². The Balaban J connectivity index is 2.49. The first-order valence-corrected chi connectivity index (χ1v) is 4.42. The Morgan fingerprint density at radius 1 is 1.33 bits per heavy atom. The monoisotopic (exact) mass is 203 g/mol. The number of rotatable bonds is 2. The molecule has 4 heteroatoms. The molecular formula is C11H9NO3. The summed E-state index contributed by atoms with van der Waals surface area (Å²) in [6.45, 7) is 1.96. The zero-order chi connectivity index (χ0) is 10.8. The minimum Gasteiger partial charge on any atom is -0.475 e. The number of oxazole rings is 1. The molecule has 0 atom stereocenters. The third-order valence-electron chi connectivity index (χ3n) is 2.09. The average molecular weight is 203 g/mol. The van der Waals surface area contributed by atoms with Crippen molar-refractivity contribution in [3.05, 3.63) is 42.0 Å². The summed E-state index contributed by atoms with van der Waals surface area (Å²) >= 11 is 0. The third kappa shape index (κ3) is 1.74. The molecule has 2 rings (SSSR count). The van der Waals surface area contributed by atoms with Gasteiger partial charge < -0.3 is 9.52 Å². The predicted molar refractivity (Wildman–Crippen MR) is 53.6 cm³/mol. The zero-order valence-electron chi connectivity index (χ0n) is 8.10. The lowest BCUT2D eigenvalue weighted by atomic mass is 10.1. The highest BCUT2D eigenvalue weighted by molar-refractivity contribution is 5.91. The molecule has 0 aliphatic heterocycles. The molecule has 76 valence electrons. The Morgan fingerprint density at radius 3 is 2.60 bits per heavy atom. The van der Waals surface area contributed by atoms with Gasteiger partial charge in [0.1, 0.15) is 5.69 Å². The Morgan fingerprint density at radius 2 is 2.00 bits per heavy atom. The molecule has 0 amide bonds. The van der Waals surface area contributed by atoms with E-state index in [2.05, 4.69) is 4.98 Å². The standard InChI is InChI=1S/C11H9NO3/c1-7-2-4-8(5-3-7)9-10(11(13)14)15-6-12-9/h2-6H,1H3,(H,13,14). The summed E-state index contributed by atoms with van der Waals surface area (Å²) in [5, 5.41) is 8.84. The van der Waals surface area contributed by atoms with E-state index < -0.39 is 5.97 Å². The van der Waals surface area contributed by atoms with E-state index in [4.69, 9.17) is 9.52 Å². The summed E-state index contributed by atoms with van der Waals surface area (Å²) in [5.41, 5.74) is 2.22. The van der Waals surface area contributed by atoms with Gasteiger partial charge in [-0.25, -0.2) is 9.78 Å². The molecule has 4 nitrogen and oxygen atoms in total. The van der Waals surface area contributed by atoms with Crippen LogP contribution in [-0.4, -0.2) is 16.1 Å². The molecule has 0 bridgehead atoms. The number of aromatic carboxylic acids is 1. The van der Waals surface area contributed by atoms with Gasteiger partial charge in [-0.2, -0.15) is 0 Å². The quantitative estimate of drug-likeness (QED) is 0.813. The average Bonchev–Trinajstić information content (AvgIpc) is 2.67. The fourth-order valence-corrected chi connectivity index (χ4v) is 1.31. The van der Waals surface area contributed by atoms with E-state index in [0.29, 0.717) is 5.69 Å². The summed E-state index contributed by atoms with van der Waals surface area (Å²) in [4.78, 5) is 14.7.